The number of benzene rings is 2. The first-order chi connectivity index (χ1) is 19.1. The molecule has 1 aromatic heterocycles. The summed E-state index contributed by atoms with van der Waals surface area (Å²) in [6.07, 6.45) is 6.06. The van der Waals surface area contributed by atoms with Gasteiger partial charge in [0.1, 0.15) is 0 Å². The molecule has 8 nitrogen and oxygen atoms in total. The molecular formula is C30H28Cl2N4O4. The number of nitrogens with one attached hydrogen (secondary N) is 1. The van der Waals surface area contributed by atoms with E-state index in [-0.39, 0.29) is 34.5 Å². The summed E-state index contributed by atoms with van der Waals surface area (Å²) in [7, 11) is 0. The molecule has 4 rings (SSSR count). The average Bonchev–Trinajstić information content (AvgIpc) is 2.94. The Morgan fingerprint density at radius 2 is 1.80 bits per heavy atom. The summed E-state index contributed by atoms with van der Waals surface area (Å²) in [5, 5.41) is 13.2. The van der Waals surface area contributed by atoms with Crippen molar-refractivity contribution in [3.05, 3.63) is 121 Å². The Labute approximate surface area is 241 Å². The zero-order valence-corrected chi connectivity index (χ0v) is 23.6. The third-order valence-electron chi connectivity index (χ3n) is 6.46. The zero-order valence-electron chi connectivity index (χ0n) is 22.1. The van der Waals surface area contributed by atoms with Crippen molar-refractivity contribution < 1.29 is 14.7 Å². The van der Waals surface area contributed by atoms with E-state index in [9.17, 15) is 19.5 Å². The topological polar surface area (TPSA) is 105 Å². The molecule has 10 heteroatoms. The van der Waals surface area contributed by atoms with Crippen molar-refractivity contribution in [2.75, 3.05) is 18.4 Å². The number of fused-ring (bicyclic) bond motifs is 1. The number of rotatable bonds is 8. The van der Waals surface area contributed by atoms with Gasteiger partial charge in [0.2, 0.25) is 5.95 Å². The van der Waals surface area contributed by atoms with Gasteiger partial charge in [0.25, 0.3) is 11.5 Å². The van der Waals surface area contributed by atoms with Gasteiger partial charge in [0.15, 0.2) is 0 Å². The number of carbonyl (C=O) groups is 2. The number of halogens is 2. The van der Waals surface area contributed by atoms with Crippen LogP contribution in [0.1, 0.15) is 45.8 Å². The van der Waals surface area contributed by atoms with E-state index in [0.717, 1.165) is 11.1 Å². The molecule has 2 aromatic carbocycles. The highest BCUT2D eigenvalue weighted by Gasteiger charge is 2.27. The van der Waals surface area contributed by atoms with Crippen molar-refractivity contribution >= 4 is 41.0 Å². The number of amides is 1. The standard InChI is InChI=1S/C30H28Cl2N4O4/c1-4-19(6-5-18(2)3)16-33-30-34-26-17-35(27(37)21-9-12-24(31)25(32)15-21)14-13-23(26)28(38)36(30)22-10-7-20(8-11-22)29(39)40/h4-12,15H,2,13-14,16-17H2,1,3H3,(H,33,34)(H,39,40)/b6-5-,19-4+. The number of aromatic carboxylic acids is 1. The Kier molecular flexibility index (Phi) is 8.92. The Morgan fingerprint density at radius 1 is 1.10 bits per heavy atom. The van der Waals surface area contributed by atoms with Gasteiger partial charge in [-0.2, -0.15) is 0 Å². The van der Waals surface area contributed by atoms with Crippen LogP contribution in [0.25, 0.3) is 5.69 Å². The minimum Gasteiger partial charge on any atom is -0.478 e. The number of aromatic nitrogens is 2. The van der Waals surface area contributed by atoms with Crippen LogP contribution in [0.5, 0.6) is 0 Å². The first-order valence-electron chi connectivity index (χ1n) is 12.5. The van der Waals surface area contributed by atoms with Crippen LogP contribution in [-0.4, -0.2) is 44.5 Å². The first-order valence-corrected chi connectivity index (χ1v) is 13.3. The maximum absolute atomic E-state index is 13.8. The Bertz CT molecular complexity index is 1610. The number of carbonyl (C=O) groups excluding carboxylic acids is 1. The van der Waals surface area contributed by atoms with Crippen LogP contribution in [0.4, 0.5) is 5.95 Å². The van der Waals surface area contributed by atoms with Crippen LogP contribution in [0.2, 0.25) is 10.0 Å². The molecule has 0 atom stereocenters. The predicted octanol–water partition coefficient (Wildman–Crippen LogP) is 5.93. The van der Waals surface area contributed by atoms with Crippen LogP contribution in [0.15, 0.2) is 83.2 Å². The molecule has 2 heterocycles. The highest BCUT2D eigenvalue weighted by atomic mass is 35.5. The molecule has 0 fully saturated rings. The van der Waals surface area contributed by atoms with Gasteiger partial charge >= 0.3 is 5.97 Å². The normalized spacial score (nSPS) is 13.3. The number of hydrogen-bond acceptors (Lipinski definition) is 5. The Hall–Kier alpha value is -4.14. The quantitative estimate of drug-likeness (QED) is 0.321. The summed E-state index contributed by atoms with van der Waals surface area (Å²) in [6, 6.07) is 10.7. The number of carboxylic acid groups (broad SMARTS) is 1. The molecule has 206 valence electrons. The lowest BCUT2D eigenvalue weighted by Crippen LogP contribution is -2.41. The molecule has 0 bridgehead atoms. The van der Waals surface area contributed by atoms with Crippen molar-refractivity contribution in [2.24, 2.45) is 0 Å². The summed E-state index contributed by atoms with van der Waals surface area (Å²) in [6.45, 7) is 8.52. The molecular weight excluding hydrogens is 551 g/mol. The molecule has 40 heavy (non-hydrogen) atoms. The van der Waals surface area contributed by atoms with Crippen molar-refractivity contribution in [3.8, 4) is 5.69 Å². The summed E-state index contributed by atoms with van der Waals surface area (Å²) < 4.78 is 1.44. The lowest BCUT2D eigenvalue weighted by Gasteiger charge is -2.29. The van der Waals surface area contributed by atoms with Gasteiger partial charge < -0.3 is 15.3 Å². The third kappa shape index (κ3) is 6.35. The highest BCUT2D eigenvalue weighted by Crippen LogP contribution is 2.25. The van der Waals surface area contributed by atoms with E-state index in [4.69, 9.17) is 28.2 Å². The van der Waals surface area contributed by atoms with Crippen LogP contribution >= 0.6 is 23.2 Å². The minimum atomic E-state index is -1.06. The first kappa shape index (κ1) is 28.9. The van der Waals surface area contributed by atoms with Gasteiger partial charge in [-0.25, -0.2) is 14.3 Å². The lowest BCUT2D eigenvalue weighted by molar-refractivity contribution is 0.0694. The maximum Gasteiger partial charge on any atom is 0.335 e. The van der Waals surface area contributed by atoms with Crippen molar-refractivity contribution in [3.63, 3.8) is 0 Å². The lowest BCUT2D eigenvalue weighted by atomic mass is 10.0. The van der Waals surface area contributed by atoms with Crippen LogP contribution in [0.3, 0.4) is 0 Å². The Morgan fingerprint density at radius 3 is 2.42 bits per heavy atom. The summed E-state index contributed by atoms with van der Waals surface area (Å²) >= 11 is 12.1. The van der Waals surface area contributed by atoms with Crippen molar-refractivity contribution in [2.45, 2.75) is 26.8 Å². The van der Waals surface area contributed by atoms with E-state index in [0.29, 0.717) is 47.0 Å². The molecule has 2 N–H and O–H groups in total. The smallest absolute Gasteiger partial charge is 0.335 e. The van der Waals surface area contributed by atoms with E-state index in [2.05, 4.69) is 11.9 Å². The molecule has 1 amide bonds. The number of allylic oxidation sites excluding steroid dienone is 3. The molecule has 0 saturated heterocycles. The number of carboxylic acids is 1. The molecule has 0 spiro atoms. The van der Waals surface area contributed by atoms with E-state index < -0.39 is 5.97 Å². The monoisotopic (exact) mass is 578 g/mol. The van der Waals surface area contributed by atoms with Crippen molar-refractivity contribution in [1.82, 2.24) is 14.5 Å². The minimum absolute atomic E-state index is 0.106. The number of hydrogen-bond donors (Lipinski definition) is 2. The SMILES string of the molecule is C=C(C)/C=C\C(=C/C)CNc1nc2c(c(=O)n1-c1ccc(C(=O)O)cc1)CCN(C(=O)c1ccc(Cl)c(Cl)c1)C2. The zero-order chi connectivity index (χ0) is 29.0. The second kappa shape index (κ2) is 12.4. The van der Waals surface area contributed by atoms with Gasteiger partial charge in [-0.3, -0.25) is 9.59 Å². The fourth-order valence-corrected chi connectivity index (χ4v) is 4.57. The van der Waals surface area contributed by atoms with E-state index in [1.165, 1.54) is 22.8 Å². The van der Waals surface area contributed by atoms with Crippen molar-refractivity contribution in [1.29, 1.82) is 0 Å². The molecule has 1 aliphatic heterocycles. The predicted molar refractivity (Wildman–Crippen MR) is 158 cm³/mol. The highest BCUT2D eigenvalue weighted by molar-refractivity contribution is 6.42. The van der Waals surface area contributed by atoms with Gasteiger partial charge in [0.05, 0.1) is 33.5 Å². The second-order valence-electron chi connectivity index (χ2n) is 9.36. The van der Waals surface area contributed by atoms with Gasteiger partial charge in [0, 0.05) is 24.2 Å². The van der Waals surface area contributed by atoms with E-state index in [1.807, 2.05) is 32.1 Å². The molecule has 1 aliphatic rings. The van der Waals surface area contributed by atoms with Gasteiger partial charge in [-0.15, -0.1) is 0 Å². The molecule has 0 saturated carbocycles. The number of nitrogens with zero attached hydrogens (tertiary/aromatic N) is 3. The second-order valence-corrected chi connectivity index (χ2v) is 10.2. The van der Waals surface area contributed by atoms with Gasteiger partial charge in [-0.05, 0) is 68.3 Å². The molecule has 0 radical (unpaired) electrons. The van der Waals surface area contributed by atoms with Crippen LogP contribution in [-0.2, 0) is 13.0 Å². The largest absolute Gasteiger partial charge is 0.478 e. The number of anilines is 1. The fourth-order valence-electron chi connectivity index (χ4n) is 4.27. The molecule has 0 aliphatic carbocycles. The van der Waals surface area contributed by atoms with E-state index in [1.54, 1.807) is 29.2 Å². The van der Waals surface area contributed by atoms with E-state index >= 15 is 0 Å². The Balaban J connectivity index is 1.73. The molecule has 0 unspecified atom stereocenters. The average molecular weight is 579 g/mol. The maximum atomic E-state index is 13.8. The third-order valence-corrected chi connectivity index (χ3v) is 7.20. The van der Waals surface area contributed by atoms with Gasteiger partial charge in [-0.1, -0.05) is 53.6 Å². The molecule has 3 aromatic rings. The fraction of sp³-hybridized carbons (Fsp3) is 0.200. The van der Waals surface area contributed by atoms with Crippen LogP contribution in [0, 0.1) is 0 Å². The summed E-state index contributed by atoms with van der Waals surface area (Å²) in [4.78, 5) is 44.8. The summed E-state index contributed by atoms with van der Waals surface area (Å²) in [5.74, 6) is -1.02. The summed E-state index contributed by atoms with van der Waals surface area (Å²) in [5.41, 5.74) is 3.52. The van der Waals surface area contributed by atoms with Crippen LogP contribution < -0.4 is 10.9 Å².